The first-order valence-electron chi connectivity index (χ1n) is 4.01. The Morgan fingerprint density at radius 3 is 3.08 bits per heavy atom. The van der Waals surface area contributed by atoms with Crippen LogP contribution in [0.3, 0.4) is 0 Å². The van der Waals surface area contributed by atoms with Crippen LogP contribution in [0, 0.1) is 0 Å². The SMILES string of the molecule is CC(O)C(=O)NC1CNCCO1. The Labute approximate surface area is 71.1 Å². The van der Waals surface area contributed by atoms with Gasteiger partial charge in [-0.05, 0) is 6.92 Å². The van der Waals surface area contributed by atoms with Crippen molar-refractivity contribution in [1.82, 2.24) is 10.6 Å². The summed E-state index contributed by atoms with van der Waals surface area (Å²) >= 11 is 0. The van der Waals surface area contributed by atoms with Crippen molar-refractivity contribution in [1.29, 1.82) is 0 Å². The molecule has 2 atom stereocenters. The number of amides is 1. The summed E-state index contributed by atoms with van der Waals surface area (Å²) in [6, 6.07) is 0. The van der Waals surface area contributed by atoms with Crippen LogP contribution < -0.4 is 10.6 Å². The maximum Gasteiger partial charge on any atom is 0.250 e. The molecule has 0 bridgehead atoms. The number of hydrogen-bond acceptors (Lipinski definition) is 4. The van der Waals surface area contributed by atoms with Crippen LogP contribution in [0.1, 0.15) is 6.92 Å². The summed E-state index contributed by atoms with van der Waals surface area (Å²) < 4.78 is 5.19. The molecule has 0 aromatic heterocycles. The first-order valence-corrected chi connectivity index (χ1v) is 4.01. The van der Waals surface area contributed by atoms with Crippen LogP contribution in [0.2, 0.25) is 0 Å². The van der Waals surface area contributed by atoms with Gasteiger partial charge in [-0.2, -0.15) is 0 Å². The van der Waals surface area contributed by atoms with Gasteiger partial charge in [-0.1, -0.05) is 0 Å². The number of hydrogen-bond donors (Lipinski definition) is 3. The van der Waals surface area contributed by atoms with Crippen molar-refractivity contribution in [2.75, 3.05) is 19.7 Å². The first-order chi connectivity index (χ1) is 5.70. The van der Waals surface area contributed by atoms with Gasteiger partial charge in [0.15, 0.2) is 0 Å². The Bertz CT molecular complexity index is 155. The number of rotatable bonds is 2. The molecule has 0 saturated carbocycles. The molecule has 12 heavy (non-hydrogen) atoms. The molecule has 0 radical (unpaired) electrons. The van der Waals surface area contributed by atoms with Crippen molar-refractivity contribution in [3.63, 3.8) is 0 Å². The van der Waals surface area contributed by atoms with Gasteiger partial charge in [0.25, 0.3) is 5.91 Å². The van der Waals surface area contributed by atoms with Gasteiger partial charge in [0.2, 0.25) is 0 Å². The Kier molecular flexibility index (Phi) is 3.46. The maximum atomic E-state index is 10.9. The topological polar surface area (TPSA) is 70.6 Å². The van der Waals surface area contributed by atoms with Crippen LogP contribution in [0.5, 0.6) is 0 Å². The quantitative estimate of drug-likeness (QED) is 0.473. The van der Waals surface area contributed by atoms with E-state index in [1.165, 1.54) is 6.92 Å². The second-order valence-corrected chi connectivity index (χ2v) is 2.75. The summed E-state index contributed by atoms with van der Waals surface area (Å²) in [5.74, 6) is -0.399. The number of carbonyl (C=O) groups is 1. The van der Waals surface area contributed by atoms with E-state index in [0.717, 1.165) is 6.54 Å². The summed E-state index contributed by atoms with van der Waals surface area (Å²) in [5, 5.41) is 14.5. The molecule has 1 aliphatic heterocycles. The van der Waals surface area contributed by atoms with Crippen molar-refractivity contribution in [2.45, 2.75) is 19.3 Å². The molecular weight excluding hydrogens is 160 g/mol. The zero-order valence-electron chi connectivity index (χ0n) is 7.04. The van der Waals surface area contributed by atoms with E-state index >= 15 is 0 Å². The first kappa shape index (κ1) is 9.44. The summed E-state index contributed by atoms with van der Waals surface area (Å²) in [6.45, 7) is 3.41. The lowest BCUT2D eigenvalue weighted by Gasteiger charge is -2.24. The lowest BCUT2D eigenvalue weighted by atomic mass is 10.3. The minimum atomic E-state index is -0.976. The van der Waals surface area contributed by atoms with Gasteiger partial charge in [0.1, 0.15) is 12.3 Å². The van der Waals surface area contributed by atoms with Crippen molar-refractivity contribution in [2.24, 2.45) is 0 Å². The molecule has 5 heteroatoms. The lowest BCUT2D eigenvalue weighted by molar-refractivity contribution is -0.133. The highest BCUT2D eigenvalue weighted by Gasteiger charge is 2.17. The normalized spacial score (nSPS) is 26.3. The number of aliphatic hydroxyl groups is 1. The average molecular weight is 174 g/mol. The van der Waals surface area contributed by atoms with E-state index in [2.05, 4.69) is 10.6 Å². The molecule has 1 rings (SSSR count). The molecule has 0 aromatic rings. The number of morpholine rings is 1. The Balaban J connectivity index is 2.24. The van der Waals surface area contributed by atoms with Crippen molar-refractivity contribution >= 4 is 5.91 Å². The van der Waals surface area contributed by atoms with E-state index in [4.69, 9.17) is 9.84 Å². The molecule has 0 aliphatic carbocycles. The molecule has 2 unspecified atom stereocenters. The standard InChI is InChI=1S/C7H14N2O3/c1-5(10)7(11)9-6-4-8-2-3-12-6/h5-6,8,10H,2-4H2,1H3,(H,9,11). The predicted molar refractivity (Wildman–Crippen MR) is 42.4 cm³/mol. The fourth-order valence-corrected chi connectivity index (χ4v) is 0.937. The van der Waals surface area contributed by atoms with Gasteiger partial charge in [-0.25, -0.2) is 0 Å². The third kappa shape index (κ3) is 2.77. The third-order valence-corrected chi connectivity index (χ3v) is 1.61. The molecule has 5 nitrogen and oxygen atoms in total. The van der Waals surface area contributed by atoms with Crippen LogP contribution in [0.4, 0.5) is 0 Å². The number of ether oxygens (including phenoxy) is 1. The smallest absolute Gasteiger partial charge is 0.250 e. The summed E-state index contributed by atoms with van der Waals surface area (Å²) in [7, 11) is 0. The van der Waals surface area contributed by atoms with Crippen LogP contribution in [0.15, 0.2) is 0 Å². The fraction of sp³-hybridized carbons (Fsp3) is 0.857. The van der Waals surface area contributed by atoms with Crippen molar-refractivity contribution in [3.05, 3.63) is 0 Å². The zero-order valence-corrected chi connectivity index (χ0v) is 7.04. The molecule has 1 aliphatic rings. The Hall–Kier alpha value is -0.650. The predicted octanol–water partition coefficient (Wildman–Crippen LogP) is -1.57. The molecule has 70 valence electrons. The molecule has 1 fully saturated rings. The maximum absolute atomic E-state index is 10.9. The van der Waals surface area contributed by atoms with Crippen molar-refractivity contribution < 1.29 is 14.6 Å². The van der Waals surface area contributed by atoms with Gasteiger partial charge < -0.3 is 20.5 Å². The number of aliphatic hydroxyl groups excluding tert-OH is 1. The average Bonchev–Trinajstić information content (AvgIpc) is 2.06. The molecule has 1 heterocycles. The van der Waals surface area contributed by atoms with Crippen LogP contribution in [-0.4, -0.2) is 43.0 Å². The highest BCUT2D eigenvalue weighted by Crippen LogP contribution is 1.92. The Morgan fingerprint density at radius 2 is 2.58 bits per heavy atom. The largest absolute Gasteiger partial charge is 0.384 e. The highest BCUT2D eigenvalue weighted by atomic mass is 16.5. The second kappa shape index (κ2) is 4.39. The molecule has 0 aromatic carbocycles. The van der Waals surface area contributed by atoms with E-state index in [9.17, 15) is 4.79 Å². The lowest BCUT2D eigenvalue weighted by Crippen LogP contribution is -2.51. The van der Waals surface area contributed by atoms with Gasteiger partial charge in [-0.3, -0.25) is 4.79 Å². The molecule has 0 spiro atoms. The highest BCUT2D eigenvalue weighted by molar-refractivity contribution is 5.80. The van der Waals surface area contributed by atoms with Gasteiger partial charge in [0.05, 0.1) is 6.61 Å². The van der Waals surface area contributed by atoms with Crippen LogP contribution >= 0.6 is 0 Å². The molecule has 1 amide bonds. The number of carbonyl (C=O) groups excluding carboxylic acids is 1. The monoisotopic (exact) mass is 174 g/mol. The van der Waals surface area contributed by atoms with Gasteiger partial charge in [-0.15, -0.1) is 0 Å². The van der Waals surface area contributed by atoms with E-state index in [1.807, 2.05) is 0 Å². The van der Waals surface area contributed by atoms with E-state index < -0.39 is 12.0 Å². The Morgan fingerprint density at radius 1 is 1.83 bits per heavy atom. The van der Waals surface area contributed by atoms with Gasteiger partial charge in [0, 0.05) is 13.1 Å². The minimum absolute atomic E-state index is 0.305. The van der Waals surface area contributed by atoms with Crippen molar-refractivity contribution in [3.8, 4) is 0 Å². The van der Waals surface area contributed by atoms with Crippen LogP contribution in [0.25, 0.3) is 0 Å². The zero-order chi connectivity index (χ0) is 8.97. The third-order valence-electron chi connectivity index (χ3n) is 1.61. The summed E-state index contributed by atoms with van der Waals surface area (Å²) in [5.41, 5.74) is 0. The summed E-state index contributed by atoms with van der Waals surface area (Å²) in [4.78, 5) is 10.9. The van der Waals surface area contributed by atoms with Gasteiger partial charge >= 0.3 is 0 Å². The van der Waals surface area contributed by atoms with E-state index in [-0.39, 0.29) is 6.23 Å². The second-order valence-electron chi connectivity index (χ2n) is 2.75. The van der Waals surface area contributed by atoms with E-state index in [1.54, 1.807) is 0 Å². The minimum Gasteiger partial charge on any atom is -0.384 e. The fourth-order valence-electron chi connectivity index (χ4n) is 0.937. The summed E-state index contributed by atoms with van der Waals surface area (Å²) in [6.07, 6.45) is -1.28. The molecular formula is C7H14N2O3. The van der Waals surface area contributed by atoms with Crippen LogP contribution in [-0.2, 0) is 9.53 Å². The number of nitrogens with one attached hydrogen (secondary N) is 2. The molecule has 1 saturated heterocycles. The van der Waals surface area contributed by atoms with E-state index in [0.29, 0.717) is 13.2 Å². The molecule has 3 N–H and O–H groups in total.